The number of aliphatic hydroxyl groups is 1. The minimum absolute atomic E-state index is 0.0222. The number of aliphatic hydroxyl groups excluding tert-OH is 1. The fourth-order valence-corrected chi connectivity index (χ4v) is 3.04. The summed E-state index contributed by atoms with van der Waals surface area (Å²) in [5.74, 6) is 0.975. The van der Waals surface area contributed by atoms with Crippen LogP contribution in [0.25, 0.3) is 11.2 Å². The molecule has 0 aliphatic carbocycles. The zero-order valence-corrected chi connectivity index (χ0v) is 18.3. The Morgan fingerprint density at radius 2 is 1.77 bits per heavy atom. The Kier molecular flexibility index (Phi) is 6.64. The SMILES string of the molecule is COc1cc(O)c(CNc2nc(NC(CO)C(C)C)nc3c2nnn3C(C)C)c(O)c1. The van der Waals surface area contributed by atoms with Gasteiger partial charge in [0.15, 0.2) is 17.0 Å². The lowest BCUT2D eigenvalue weighted by Crippen LogP contribution is -2.30. The van der Waals surface area contributed by atoms with Crippen LogP contribution in [-0.4, -0.2) is 60.0 Å². The molecule has 0 saturated heterocycles. The van der Waals surface area contributed by atoms with E-state index in [-0.39, 0.29) is 48.2 Å². The minimum atomic E-state index is -0.233. The van der Waals surface area contributed by atoms with Gasteiger partial charge < -0.3 is 30.7 Å². The largest absolute Gasteiger partial charge is 0.507 e. The highest BCUT2D eigenvalue weighted by molar-refractivity contribution is 5.83. The summed E-state index contributed by atoms with van der Waals surface area (Å²) >= 11 is 0. The summed E-state index contributed by atoms with van der Waals surface area (Å²) in [4.78, 5) is 9.05. The zero-order valence-electron chi connectivity index (χ0n) is 18.3. The van der Waals surface area contributed by atoms with Crippen LogP contribution in [0.15, 0.2) is 12.1 Å². The number of benzene rings is 1. The van der Waals surface area contributed by atoms with Gasteiger partial charge in [-0.05, 0) is 19.8 Å². The van der Waals surface area contributed by atoms with Crippen LogP contribution < -0.4 is 15.4 Å². The van der Waals surface area contributed by atoms with E-state index in [0.29, 0.717) is 28.7 Å². The predicted octanol–water partition coefficient (Wildman–Crippen LogP) is 2.26. The minimum Gasteiger partial charge on any atom is -0.507 e. The summed E-state index contributed by atoms with van der Waals surface area (Å²) in [6, 6.07) is 2.63. The summed E-state index contributed by atoms with van der Waals surface area (Å²) < 4.78 is 6.73. The lowest BCUT2D eigenvalue weighted by atomic mass is 10.1. The van der Waals surface area contributed by atoms with Crippen molar-refractivity contribution in [2.75, 3.05) is 24.4 Å². The van der Waals surface area contributed by atoms with Gasteiger partial charge in [-0.15, -0.1) is 5.10 Å². The summed E-state index contributed by atoms with van der Waals surface area (Å²) in [6.45, 7) is 7.91. The van der Waals surface area contributed by atoms with Gasteiger partial charge in [-0.25, -0.2) is 4.68 Å². The third kappa shape index (κ3) is 4.71. The van der Waals surface area contributed by atoms with E-state index in [2.05, 4.69) is 30.9 Å². The van der Waals surface area contributed by atoms with Crippen molar-refractivity contribution in [1.29, 1.82) is 0 Å². The van der Waals surface area contributed by atoms with E-state index in [1.807, 2.05) is 27.7 Å². The second kappa shape index (κ2) is 9.21. The number of aromatic nitrogens is 5. The number of methoxy groups -OCH3 is 1. The van der Waals surface area contributed by atoms with Gasteiger partial charge in [0.25, 0.3) is 0 Å². The summed E-state index contributed by atoms with van der Waals surface area (Å²) in [7, 11) is 1.45. The molecule has 1 aromatic carbocycles. The highest BCUT2D eigenvalue weighted by Crippen LogP contribution is 2.33. The Hall–Kier alpha value is -3.34. The summed E-state index contributed by atoms with van der Waals surface area (Å²) in [6.07, 6.45) is 0. The summed E-state index contributed by atoms with van der Waals surface area (Å²) in [5, 5.41) is 44.8. The van der Waals surface area contributed by atoms with Gasteiger partial charge in [0, 0.05) is 18.7 Å². The first-order valence-corrected chi connectivity index (χ1v) is 10.1. The fraction of sp³-hybridized carbons (Fsp3) is 0.500. The molecular weight excluding hydrogens is 402 g/mol. The maximum Gasteiger partial charge on any atom is 0.227 e. The van der Waals surface area contributed by atoms with Gasteiger partial charge in [0.1, 0.15) is 17.2 Å². The van der Waals surface area contributed by atoms with Crippen LogP contribution >= 0.6 is 0 Å². The van der Waals surface area contributed by atoms with Crippen molar-refractivity contribution in [2.45, 2.75) is 46.3 Å². The van der Waals surface area contributed by atoms with Crippen LogP contribution in [0.1, 0.15) is 39.3 Å². The van der Waals surface area contributed by atoms with Crippen LogP contribution in [0.2, 0.25) is 0 Å². The topological polar surface area (TPSA) is 150 Å². The molecule has 31 heavy (non-hydrogen) atoms. The van der Waals surface area contributed by atoms with Crippen LogP contribution in [0.4, 0.5) is 11.8 Å². The second-order valence-corrected chi connectivity index (χ2v) is 7.87. The van der Waals surface area contributed by atoms with Crippen LogP contribution in [-0.2, 0) is 6.54 Å². The molecule has 1 unspecified atom stereocenters. The van der Waals surface area contributed by atoms with Crippen molar-refractivity contribution >= 4 is 22.9 Å². The number of nitrogens with one attached hydrogen (secondary N) is 2. The fourth-order valence-electron chi connectivity index (χ4n) is 3.04. The predicted molar refractivity (Wildman–Crippen MR) is 116 cm³/mol. The number of hydrogen-bond donors (Lipinski definition) is 5. The second-order valence-electron chi connectivity index (χ2n) is 7.87. The number of rotatable bonds is 9. The molecule has 11 heteroatoms. The Balaban J connectivity index is 1.99. The summed E-state index contributed by atoms with van der Waals surface area (Å²) in [5.41, 5.74) is 1.27. The average Bonchev–Trinajstić information content (AvgIpc) is 3.15. The van der Waals surface area contributed by atoms with E-state index in [4.69, 9.17) is 4.74 Å². The van der Waals surface area contributed by atoms with Crippen molar-refractivity contribution in [3.05, 3.63) is 17.7 Å². The molecule has 3 aromatic rings. The van der Waals surface area contributed by atoms with E-state index >= 15 is 0 Å². The molecule has 2 aromatic heterocycles. The number of fused-ring (bicyclic) bond motifs is 1. The normalized spacial score (nSPS) is 12.5. The monoisotopic (exact) mass is 431 g/mol. The molecule has 5 N–H and O–H groups in total. The van der Waals surface area contributed by atoms with Crippen molar-refractivity contribution in [2.24, 2.45) is 5.92 Å². The first kappa shape index (κ1) is 22.3. The van der Waals surface area contributed by atoms with Crippen LogP contribution in [0, 0.1) is 5.92 Å². The first-order valence-electron chi connectivity index (χ1n) is 10.1. The molecule has 0 aliphatic rings. The standard InChI is InChI=1S/C20H29N7O4/c1-10(2)14(9-28)22-20-23-18(17-19(24-20)27(11(3)4)26-25-17)21-8-13-15(29)6-12(31-5)7-16(13)30/h6-7,10-11,14,28-30H,8-9H2,1-5H3,(H2,21,22,23,24). The zero-order chi connectivity index (χ0) is 22.7. The average molecular weight is 431 g/mol. The maximum absolute atomic E-state index is 10.3. The van der Waals surface area contributed by atoms with E-state index in [1.165, 1.54) is 19.2 Å². The molecule has 11 nitrogen and oxygen atoms in total. The van der Waals surface area contributed by atoms with Gasteiger partial charge in [0.2, 0.25) is 5.95 Å². The molecule has 168 valence electrons. The van der Waals surface area contributed by atoms with Gasteiger partial charge in [-0.1, -0.05) is 19.1 Å². The van der Waals surface area contributed by atoms with Gasteiger partial charge in [0.05, 0.1) is 31.4 Å². The van der Waals surface area contributed by atoms with Crippen molar-refractivity contribution in [3.8, 4) is 17.2 Å². The lowest BCUT2D eigenvalue weighted by Gasteiger charge is -2.20. The number of ether oxygens (including phenoxy) is 1. The van der Waals surface area contributed by atoms with Crippen molar-refractivity contribution < 1.29 is 20.1 Å². The molecule has 3 rings (SSSR count). The molecule has 2 heterocycles. The van der Waals surface area contributed by atoms with E-state index < -0.39 is 0 Å². The van der Waals surface area contributed by atoms with Crippen molar-refractivity contribution in [3.63, 3.8) is 0 Å². The van der Waals surface area contributed by atoms with E-state index in [9.17, 15) is 15.3 Å². The molecule has 0 aliphatic heterocycles. The third-order valence-corrected chi connectivity index (χ3v) is 4.97. The molecule has 0 radical (unpaired) electrons. The lowest BCUT2D eigenvalue weighted by molar-refractivity contribution is 0.248. The number of phenolic OH excluding ortho intramolecular Hbond substituents is 2. The van der Waals surface area contributed by atoms with Gasteiger partial charge >= 0.3 is 0 Å². The number of nitrogens with zero attached hydrogens (tertiary/aromatic N) is 5. The number of hydrogen-bond acceptors (Lipinski definition) is 10. The van der Waals surface area contributed by atoms with Gasteiger partial charge in [-0.3, -0.25) is 0 Å². The molecule has 0 fully saturated rings. The van der Waals surface area contributed by atoms with Crippen LogP contribution in [0.5, 0.6) is 17.2 Å². The highest BCUT2D eigenvalue weighted by atomic mass is 16.5. The Morgan fingerprint density at radius 1 is 1.10 bits per heavy atom. The highest BCUT2D eigenvalue weighted by Gasteiger charge is 2.20. The smallest absolute Gasteiger partial charge is 0.227 e. The van der Waals surface area contributed by atoms with E-state index in [1.54, 1.807) is 4.68 Å². The third-order valence-electron chi connectivity index (χ3n) is 4.97. The Morgan fingerprint density at radius 3 is 2.32 bits per heavy atom. The molecular formula is C20H29N7O4. The Bertz CT molecular complexity index is 1030. The molecule has 0 amide bonds. The quantitative estimate of drug-likeness (QED) is 0.341. The molecule has 0 spiro atoms. The number of aromatic hydroxyl groups is 2. The van der Waals surface area contributed by atoms with Crippen molar-refractivity contribution in [1.82, 2.24) is 25.0 Å². The Labute approximate surface area is 180 Å². The first-order chi connectivity index (χ1) is 14.7. The van der Waals surface area contributed by atoms with Crippen LogP contribution in [0.3, 0.4) is 0 Å². The van der Waals surface area contributed by atoms with E-state index in [0.717, 1.165) is 0 Å². The maximum atomic E-state index is 10.3. The molecule has 1 atom stereocenters. The van der Waals surface area contributed by atoms with Gasteiger partial charge in [-0.2, -0.15) is 9.97 Å². The number of phenols is 2. The molecule has 0 bridgehead atoms. The number of anilines is 2. The molecule has 0 saturated carbocycles.